The van der Waals surface area contributed by atoms with Gasteiger partial charge in [0.25, 0.3) is 0 Å². The molecular formula is C10H13NO2. The van der Waals surface area contributed by atoms with E-state index in [9.17, 15) is 0 Å². The maximum absolute atomic E-state index is 8.37. The summed E-state index contributed by atoms with van der Waals surface area (Å²) < 4.78 is 5.20. The summed E-state index contributed by atoms with van der Waals surface area (Å²) >= 11 is 0. The van der Waals surface area contributed by atoms with Gasteiger partial charge in [-0.1, -0.05) is 5.16 Å². The Hall–Kier alpha value is -1.51. The third-order valence-corrected chi connectivity index (χ3v) is 1.89. The van der Waals surface area contributed by atoms with Crippen LogP contribution in [0.15, 0.2) is 17.3 Å². The number of aryl methyl sites for hydroxylation is 2. The summed E-state index contributed by atoms with van der Waals surface area (Å²) in [5.41, 5.74) is 2.95. The van der Waals surface area contributed by atoms with Crippen LogP contribution >= 0.6 is 0 Å². The predicted octanol–water partition coefficient (Wildman–Crippen LogP) is 2.12. The minimum atomic E-state index is 0.873. The highest BCUT2D eigenvalue weighted by Crippen LogP contribution is 2.23. The fraction of sp³-hybridized carbons (Fsp3) is 0.300. The van der Waals surface area contributed by atoms with Crippen molar-refractivity contribution in [1.29, 1.82) is 0 Å². The van der Waals surface area contributed by atoms with E-state index in [2.05, 4.69) is 5.16 Å². The molecule has 0 saturated heterocycles. The lowest BCUT2D eigenvalue weighted by atomic mass is 10.1. The molecule has 0 bridgehead atoms. The fourth-order valence-electron chi connectivity index (χ4n) is 1.45. The van der Waals surface area contributed by atoms with Crippen LogP contribution in [0.4, 0.5) is 0 Å². The molecule has 1 N–H and O–H groups in total. The lowest BCUT2D eigenvalue weighted by Gasteiger charge is -2.08. The second-order valence-electron chi connectivity index (χ2n) is 2.93. The summed E-state index contributed by atoms with van der Waals surface area (Å²) in [5, 5.41) is 11.3. The molecule has 0 radical (unpaired) electrons. The van der Waals surface area contributed by atoms with Gasteiger partial charge >= 0.3 is 0 Å². The van der Waals surface area contributed by atoms with Gasteiger partial charge in [-0.3, -0.25) is 0 Å². The molecule has 3 nitrogen and oxygen atoms in total. The lowest BCUT2D eigenvalue weighted by molar-refractivity contribution is 0.322. The molecule has 0 atom stereocenters. The number of rotatable bonds is 2. The number of benzene rings is 1. The Kier molecular flexibility index (Phi) is 2.90. The number of hydrogen-bond donors (Lipinski definition) is 1. The summed E-state index contributed by atoms with van der Waals surface area (Å²) in [5.74, 6) is 0.884. The van der Waals surface area contributed by atoms with Crippen LogP contribution in [0.5, 0.6) is 5.75 Å². The molecular weight excluding hydrogens is 166 g/mol. The summed E-state index contributed by atoms with van der Waals surface area (Å²) in [6, 6.07) is 3.82. The van der Waals surface area contributed by atoms with E-state index in [1.54, 1.807) is 7.11 Å². The Morgan fingerprint density at radius 3 is 2.23 bits per heavy atom. The molecule has 13 heavy (non-hydrogen) atoms. The SMILES string of the molecule is COc1c(C)cc(/C=N\O)cc1C. The second kappa shape index (κ2) is 3.94. The monoisotopic (exact) mass is 179 g/mol. The van der Waals surface area contributed by atoms with Gasteiger partial charge in [0.15, 0.2) is 0 Å². The molecule has 0 fully saturated rings. The maximum Gasteiger partial charge on any atom is 0.124 e. The van der Waals surface area contributed by atoms with Crippen molar-refractivity contribution < 1.29 is 9.94 Å². The highest BCUT2D eigenvalue weighted by atomic mass is 16.5. The van der Waals surface area contributed by atoms with Gasteiger partial charge in [0.05, 0.1) is 13.3 Å². The Morgan fingerprint density at radius 1 is 1.31 bits per heavy atom. The summed E-state index contributed by atoms with van der Waals surface area (Å²) in [6.45, 7) is 3.92. The lowest BCUT2D eigenvalue weighted by Crippen LogP contribution is -1.93. The van der Waals surface area contributed by atoms with Crippen molar-refractivity contribution in [1.82, 2.24) is 0 Å². The van der Waals surface area contributed by atoms with Crippen molar-refractivity contribution in [2.24, 2.45) is 5.16 Å². The number of hydrogen-bond acceptors (Lipinski definition) is 3. The average Bonchev–Trinajstić information content (AvgIpc) is 2.04. The number of nitrogens with zero attached hydrogens (tertiary/aromatic N) is 1. The normalized spacial score (nSPS) is 10.7. The molecule has 1 aromatic rings. The zero-order valence-corrected chi connectivity index (χ0v) is 8.03. The molecule has 1 aromatic carbocycles. The van der Waals surface area contributed by atoms with E-state index in [0.717, 1.165) is 22.4 Å². The molecule has 3 heteroatoms. The summed E-state index contributed by atoms with van der Waals surface area (Å²) in [6.07, 6.45) is 1.40. The first-order chi connectivity index (χ1) is 6.19. The van der Waals surface area contributed by atoms with Crippen molar-refractivity contribution in [3.8, 4) is 5.75 Å². The Labute approximate surface area is 77.6 Å². The highest BCUT2D eigenvalue weighted by Gasteiger charge is 2.03. The zero-order chi connectivity index (χ0) is 9.84. The van der Waals surface area contributed by atoms with Gasteiger partial charge in [-0.2, -0.15) is 0 Å². The molecule has 0 heterocycles. The van der Waals surface area contributed by atoms with E-state index in [4.69, 9.17) is 9.94 Å². The first kappa shape index (κ1) is 9.58. The van der Waals surface area contributed by atoms with Crippen LogP contribution in [0.1, 0.15) is 16.7 Å². The molecule has 0 unspecified atom stereocenters. The van der Waals surface area contributed by atoms with E-state index < -0.39 is 0 Å². The fourth-order valence-corrected chi connectivity index (χ4v) is 1.45. The van der Waals surface area contributed by atoms with Crippen LogP contribution in [-0.4, -0.2) is 18.5 Å². The van der Waals surface area contributed by atoms with Gasteiger partial charge < -0.3 is 9.94 Å². The van der Waals surface area contributed by atoms with Crippen LogP contribution < -0.4 is 4.74 Å². The molecule has 0 aliphatic heterocycles. The van der Waals surface area contributed by atoms with Gasteiger partial charge in [-0.05, 0) is 42.7 Å². The molecule has 0 aliphatic carbocycles. The van der Waals surface area contributed by atoms with Crippen molar-refractivity contribution >= 4 is 6.21 Å². The topological polar surface area (TPSA) is 41.8 Å². The van der Waals surface area contributed by atoms with Crippen LogP contribution in [0.3, 0.4) is 0 Å². The van der Waals surface area contributed by atoms with Crippen LogP contribution in [0.2, 0.25) is 0 Å². The number of ether oxygens (including phenoxy) is 1. The average molecular weight is 179 g/mol. The molecule has 0 amide bonds. The van der Waals surface area contributed by atoms with E-state index in [1.165, 1.54) is 6.21 Å². The van der Waals surface area contributed by atoms with E-state index in [0.29, 0.717) is 0 Å². The number of oxime groups is 1. The summed E-state index contributed by atoms with van der Waals surface area (Å²) in [7, 11) is 1.65. The van der Waals surface area contributed by atoms with Crippen molar-refractivity contribution in [3.05, 3.63) is 28.8 Å². The first-order valence-corrected chi connectivity index (χ1v) is 4.01. The van der Waals surface area contributed by atoms with Crippen LogP contribution in [-0.2, 0) is 0 Å². The van der Waals surface area contributed by atoms with Crippen molar-refractivity contribution in [3.63, 3.8) is 0 Å². The third kappa shape index (κ3) is 1.99. The smallest absolute Gasteiger partial charge is 0.124 e. The van der Waals surface area contributed by atoms with Gasteiger partial charge in [0.1, 0.15) is 5.75 Å². The van der Waals surface area contributed by atoms with E-state index in [1.807, 2.05) is 26.0 Å². The molecule has 1 rings (SSSR count). The first-order valence-electron chi connectivity index (χ1n) is 4.01. The van der Waals surface area contributed by atoms with E-state index in [-0.39, 0.29) is 0 Å². The molecule has 70 valence electrons. The molecule has 0 aromatic heterocycles. The quantitative estimate of drug-likeness (QED) is 0.429. The van der Waals surface area contributed by atoms with Gasteiger partial charge in [0.2, 0.25) is 0 Å². The highest BCUT2D eigenvalue weighted by molar-refractivity contribution is 5.80. The van der Waals surface area contributed by atoms with Gasteiger partial charge in [0, 0.05) is 0 Å². The van der Waals surface area contributed by atoms with Gasteiger partial charge in [-0.25, -0.2) is 0 Å². The van der Waals surface area contributed by atoms with Gasteiger partial charge in [-0.15, -0.1) is 0 Å². The Morgan fingerprint density at radius 2 is 1.85 bits per heavy atom. The zero-order valence-electron chi connectivity index (χ0n) is 8.03. The summed E-state index contributed by atoms with van der Waals surface area (Å²) in [4.78, 5) is 0. The predicted molar refractivity (Wildman–Crippen MR) is 51.8 cm³/mol. The van der Waals surface area contributed by atoms with Crippen LogP contribution in [0.25, 0.3) is 0 Å². The molecule has 0 spiro atoms. The number of methoxy groups -OCH3 is 1. The Bertz CT molecular complexity index is 309. The third-order valence-electron chi connectivity index (χ3n) is 1.89. The van der Waals surface area contributed by atoms with Crippen LogP contribution in [0, 0.1) is 13.8 Å². The second-order valence-corrected chi connectivity index (χ2v) is 2.93. The minimum absolute atomic E-state index is 0.873. The Balaban J connectivity index is 3.20. The van der Waals surface area contributed by atoms with Crippen molar-refractivity contribution in [2.45, 2.75) is 13.8 Å². The largest absolute Gasteiger partial charge is 0.496 e. The maximum atomic E-state index is 8.37. The minimum Gasteiger partial charge on any atom is -0.496 e. The standard InChI is InChI=1S/C10H13NO2/c1-7-4-9(6-11-12)5-8(2)10(7)13-3/h4-6,12H,1-3H3/b11-6-. The molecule has 0 aliphatic rings. The van der Waals surface area contributed by atoms with E-state index >= 15 is 0 Å². The molecule has 0 saturated carbocycles. The van der Waals surface area contributed by atoms with Crippen molar-refractivity contribution in [2.75, 3.05) is 7.11 Å².